The van der Waals surface area contributed by atoms with Gasteiger partial charge in [-0.15, -0.1) is 0 Å². The molecule has 8 heteroatoms. The number of amides is 1. The van der Waals surface area contributed by atoms with Crippen LogP contribution in [0.15, 0.2) is 60.0 Å². The Morgan fingerprint density at radius 1 is 1.23 bits per heavy atom. The van der Waals surface area contributed by atoms with Gasteiger partial charge < -0.3 is 10.1 Å². The molecule has 3 aromatic rings. The van der Waals surface area contributed by atoms with Crippen LogP contribution in [0, 0.1) is 0 Å². The average Bonchev–Trinajstić information content (AvgIpc) is 3.11. The Kier molecular flexibility index (Phi) is 6.08. The normalized spacial score (nSPS) is 10.6. The monoisotopic (exact) mass is 407 g/mol. The number of rotatable bonds is 6. The van der Waals surface area contributed by atoms with Crippen molar-refractivity contribution in [3.8, 4) is 11.4 Å². The Labute approximate surface area is 165 Å². The van der Waals surface area contributed by atoms with Crippen LogP contribution in [0.25, 0.3) is 5.69 Å². The first-order valence-corrected chi connectivity index (χ1v) is 9.37. The van der Waals surface area contributed by atoms with Crippen molar-refractivity contribution in [3.05, 3.63) is 64.9 Å². The highest BCUT2D eigenvalue weighted by molar-refractivity contribution is 7.99. The van der Waals surface area contributed by atoms with Crippen LogP contribution in [-0.4, -0.2) is 28.3 Å². The zero-order valence-electron chi connectivity index (χ0n) is 13.8. The zero-order valence-corrected chi connectivity index (χ0v) is 16.1. The minimum absolute atomic E-state index is 0.164. The minimum atomic E-state index is -0.164. The summed E-state index contributed by atoms with van der Waals surface area (Å²) in [6.45, 7) is 0. The molecule has 1 heterocycles. The van der Waals surface area contributed by atoms with Crippen LogP contribution in [0.1, 0.15) is 0 Å². The summed E-state index contributed by atoms with van der Waals surface area (Å²) in [7, 11) is 1.62. The molecule has 0 radical (unpaired) electrons. The van der Waals surface area contributed by atoms with Gasteiger partial charge in [0.05, 0.1) is 28.6 Å². The Morgan fingerprint density at radius 3 is 2.81 bits per heavy atom. The first-order chi connectivity index (χ1) is 12.6. The van der Waals surface area contributed by atoms with E-state index in [2.05, 4.69) is 10.3 Å². The van der Waals surface area contributed by atoms with Gasteiger partial charge in [-0.25, -0.2) is 4.98 Å². The smallest absolute Gasteiger partial charge is 0.234 e. The number of halogens is 2. The summed E-state index contributed by atoms with van der Waals surface area (Å²) in [6, 6.07) is 12.6. The number of anilines is 1. The first kappa shape index (κ1) is 18.6. The second-order valence-electron chi connectivity index (χ2n) is 5.22. The summed E-state index contributed by atoms with van der Waals surface area (Å²) in [5.74, 6) is 0.766. The van der Waals surface area contributed by atoms with Crippen LogP contribution in [0.2, 0.25) is 10.0 Å². The van der Waals surface area contributed by atoms with E-state index in [9.17, 15) is 4.79 Å². The fraction of sp³-hybridized carbons (Fsp3) is 0.111. The molecule has 5 nitrogen and oxygen atoms in total. The molecule has 3 rings (SSSR count). The number of methoxy groups -OCH3 is 1. The lowest BCUT2D eigenvalue weighted by atomic mass is 10.3. The van der Waals surface area contributed by atoms with Crippen molar-refractivity contribution in [3.63, 3.8) is 0 Å². The third-order valence-electron chi connectivity index (χ3n) is 3.49. The summed E-state index contributed by atoms with van der Waals surface area (Å²) in [5, 5.41) is 4.32. The molecule has 1 amide bonds. The predicted octanol–water partition coefficient (Wildman–Crippen LogP) is 4.92. The Bertz CT molecular complexity index is 930. The van der Waals surface area contributed by atoms with E-state index in [1.165, 1.54) is 11.8 Å². The maximum Gasteiger partial charge on any atom is 0.234 e. The quantitative estimate of drug-likeness (QED) is 0.589. The van der Waals surface area contributed by atoms with E-state index in [-0.39, 0.29) is 11.7 Å². The number of imidazole rings is 1. The highest BCUT2D eigenvalue weighted by Crippen LogP contribution is 2.28. The fourth-order valence-electron chi connectivity index (χ4n) is 2.31. The lowest BCUT2D eigenvalue weighted by Crippen LogP contribution is -2.14. The second kappa shape index (κ2) is 8.49. The molecule has 0 aliphatic heterocycles. The van der Waals surface area contributed by atoms with Gasteiger partial charge in [0, 0.05) is 18.1 Å². The molecule has 0 spiro atoms. The van der Waals surface area contributed by atoms with Gasteiger partial charge in [-0.2, -0.15) is 0 Å². The van der Waals surface area contributed by atoms with Crippen LogP contribution < -0.4 is 10.1 Å². The van der Waals surface area contributed by atoms with Gasteiger partial charge in [0.1, 0.15) is 5.75 Å². The molecule has 1 N–H and O–H groups in total. The maximum atomic E-state index is 12.2. The molecule has 0 fully saturated rings. The third kappa shape index (κ3) is 4.33. The molecule has 0 unspecified atom stereocenters. The largest absolute Gasteiger partial charge is 0.495 e. The van der Waals surface area contributed by atoms with Gasteiger partial charge in [0.25, 0.3) is 0 Å². The third-order valence-corrected chi connectivity index (χ3v) is 5.19. The predicted molar refractivity (Wildman–Crippen MR) is 106 cm³/mol. The first-order valence-electron chi connectivity index (χ1n) is 7.63. The van der Waals surface area contributed by atoms with E-state index in [0.717, 1.165) is 11.4 Å². The molecule has 0 aliphatic rings. The van der Waals surface area contributed by atoms with E-state index in [1.807, 2.05) is 35.0 Å². The standard InChI is InChI=1S/C18H15Cl2N3O2S/c1-25-16-5-3-2-4-15(16)23-9-8-21-18(23)26-11-17(24)22-12-6-7-13(19)14(20)10-12/h2-10H,11H2,1H3,(H,22,24). The van der Waals surface area contributed by atoms with E-state index in [1.54, 1.807) is 31.5 Å². The van der Waals surface area contributed by atoms with Crippen molar-refractivity contribution in [1.82, 2.24) is 9.55 Å². The number of thioether (sulfide) groups is 1. The number of aromatic nitrogens is 2. The number of nitrogens with one attached hydrogen (secondary N) is 1. The number of hydrogen-bond acceptors (Lipinski definition) is 4. The lowest BCUT2D eigenvalue weighted by molar-refractivity contribution is -0.113. The fourth-order valence-corrected chi connectivity index (χ4v) is 3.37. The van der Waals surface area contributed by atoms with Gasteiger partial charge in [-0.1, -0.05) is 47.1 Å². The van der Waals surface area contributed by atoms with Gasteiger partial charge in [-0.3, -0.25) is 9.36 Å². The van der Waals surface area contributed by atoms with Crippen LogP contribution >= 0.6 is 35.0 Å². The van der Waals surface area contributed by atoms with Gasteiger partial charge >= 0.3 is 0 Å². The van der Waals surface area contributed by atoms with Gasteiger partial charge in [-0.05, 0) is 30.3 Å². The van der Waals surface area contributed by atoms with Crippen molar-refractivity contribution in [1.29, 1.82) is 0 Å². The van der Waals surface area contributed by atoms with Crippen LogP contribution in [0.5, 0.6) is 5.75 Å². The number of benzene rings is 2. The molecular weight excluding hydrogens is 393 g/mol. The number of carbonyl (C=O) groups excluding carboxylic acids is 1. The van der Waals surface area contributed by atoms with Crippen LogP contribution in [0.4, 0.5) is 5.69 Å². The Balaban J connectivity index is 1.68. The average molecular weight is 408 g/mol. The van der Waals surface area contributed by atoms with E-state index in [0.29, 0.717) is 20.9 Å². The van der Waals surface area contributed by atoms with E-state index in [4.69, 9.17) is 27.9 Å². The number of nitrogens with zero attached hydrogens (tertiary/aromatic N) is 2. The summed E-state index contributed by atoms with van der Waals surface area (Å²) in [6.07, 6.45) is 3.52. The van der Waals surface area contributed by atoms with Crippen molar-refractivity contribution < 1.29 is 9.53 Å². The number of hydrogen-bond donors (Lipinski definition) is 1. The topological polar surface area (TPSA) is 56.2 Å². The van der Waals surface area contributed by atoms with Crippen LogP contribution in [0.3, 0.4) is 0 Å². The molecule has 134 valence electrons. The molecule has 0 aliphatic carbocycles. The van der Waals surface area contributed by atoms with Gasteiger partial charge in [0.2, 0.25) is 5.91 Å². The van der Waals surface area contributed by atoms with Crippen molar-refractivity contribution in [2.24, 2.45) is 0 Å². The zero-order chi connectivity index (χ0) is 18.5. The van der Waals surface area contributed by atoms with Crippen molar-refractivity contribution in [2.75, 3.05) is 18.2 Å². The molecule has 26 heavy (non-hydrogen) atoms. The molecular formula is C18H15Cl2N3O2S. The molecule has 0 saturated heterocycles. The highest BCUT2D eigenvalue weighted by Gasteiger charge is 2.12. The SMILES string of the molecule is COc1ccccc1-n1ccnc1SCC(=O)Nc1ccc(Cl)c(Cl)c1. The highest BCUT2D eigenvalue weighted by atomic mass is 35.5. The van der Waals surface area contributed by atoms with Crippen molar-refractivity contribution in [2.45, 2.75) is 5.16 Å². The molecule has 2 aromatic carbocycles. The van der Waals surface area contributed by atoms with Gasteiger partial charge in [0.15, 0.2) is 5.16 Å². The number of para-hydroxylation sites is 2. The molecule has 0 atom stereocenters. The molecule has 1 aromatic heterocycles. The lowest BCUT2D eigenvalue weighted by Gasteiger charge is -2.11. The maximum absolute atomic E-state index is 12.2. The summed E-state index contributed by atoms with van der Waals surface area (Å²) in [5.41, 5.74) is 1.46. The van der Waals surface area contributed by atoms with E-state index < -0.39 is 0 Å². The Morgan fingerprint density at radius 2 is 2.04 bits per heavy atom. The van der Waals surface area contributed by atoms with Crippen LogP contribution in [-0.2, 0) is 4.79 Å². The molecule has 0 bridgehead atoms. The number of carbonyl (C=O) groups is 1. The van der Waals surface area contributed by atoms with Crippen molar-refractivity contribution >= 4 is 46.6 Å². The second-order valence-corrected chi connectivity index (χ2v) is 6.97. The summed E-state index contributed by atoms with van der Waals surface area (Å²) >= 11 is 13.2. The minimum Gasteiger partial charge on any atom is -0.495 e. The molecule has 0 saturated carbocycles. The number of ether oxygens (including phenoxy) is 1. The van der Waals surface area contributed by atoms with E-state index >= 15 is 0 Å². The summed E-state index contributed by atoms with van der Waals surface area (Å²) in [4.78, 5) is 16.5. The Hall–Kier alpha value is -2.15. The summed E-state index contributed by atoms with van der Waals surface area (Å²) < 4.78 is 7.27.